The van der Waals surface area contributed by atoms with Gasteiger partial charge in [-0.1, -0.05) is 29.3 Å². The lowest BCUT2D eigenvalue weighted by atomic mass is 10.0. The molecule has 0 spiro atoms. The van der Waals surface area contributed by atoms with Crippen molar-refractivity contribution in [2.75, 3.05) is 13.7 Å². The van der Waals surface area contributed by atoms with Gasteiger partial charge in [-0.05, 0) is 19.4 Å². The summed E-state index contributed by atoms with van der Waals surface area (Å²) in [6.07, 6.45) is 0. The van der Waals surface area contributed by atoms with Gasteiger partial charge in [-0.25, -0.2) is 0 Å². The first-order chi connectivity index (χ1) is 6.67. The first-order valence-electron chi connectivity index (χ1n) is 4.70. The molecule has 3 N–H and O–H groups in total. The zero-order chi connectivity index (χ0) is 10.6. The van der Waals surface area contributed by atoms with Crippen LogP contribution >= 0.6 is 0 Å². The van der Waals surface area contributed by atoms with Gasteiger partial charge in [-0.15, -0.1) is 0 Å². The number of nitrogens with one attached hydrogen (secondary N) is 1. The van der Waals surface area contributed by atoms with Gasteiger partial charge in [0, 0.05) is 7.11 Å². The molecule has 78 valence electrons. The number of nitrogens with two attached hydrogens (primary N) is 1. The van der Waals surface area contributed by atoms with Crippen LogP contribution in [0, 0.1) is 13.8 Å². The Labute approximate surface area is 85.2 Å². The first-order valence-corrected chi connectivity index (χ1v) is 4.70. The molecule has 1 unspecified atom stereocenters. The second kappa shape index (κ2) is 5.10. The summed E-state index contributed by atoms with van der Waals surface area (Å²) < 4.78 is 5.09. The third-order valence-corrected chi connectivity index (χ3v) is 2.18. The Morgan fingerprint density at radius 3 is 2.29 bits per heavy atom. The van der Waals surface area contributed by atoms with Gasteiger partial charge in [-0.3, -0.25) is 11.3 Å². The molecule has 0 saturated carbocycles. The molecule has 1 atom stereocenters. The molecule has 3 heteroatoms. The molecule has 0 heterocycles. The first kappa shape index (κ1) is 11.2. The largest absolute Gasteiger partial charge is 0.383 e. The van der Waals surface area contributed by atoms with Crippen LogP contribution in [0.2, 0.25) is 0 Å². The standard InChI is InChI=1S/C11H18N2O/c1-8-4-9(2)6-10(5-8)11(13-12)7-14-3/h4-6,11,13H,7,12H2,1-3H3. The van der Waals surface area contributed by atoms with Crippen molar-refractivity contribution >= 4 is 0 Å². The van der Waals surface area contributed by atoms with Crippen LogP contribution in [0.5, 0.6) is 0 Å². The Morgan fingerprint density at radius 1 is 1.29 bits per heavy atom. The maximum absolute atomic E-state index is 5.46. The molecular formula is C11H18N2O. The number of rotatable bonds is 4. The monoisotopic (exact) mass is 194 g/mol. The molecule has 1 rings (SSSR count). The quantitative estimate of drug-likeness (QED) is 0.563. The van der Waals surface area contributed by atoms with E-state index in [2.05, 4.69) is 37.5 Å². The van der Waals surface area contributed by atoms with Crippen molar-refractivity contribution in [3.63, 3.8) is 0 Å². The van der Waals surface area contributed by atoms with E-state index in [1.165, 1.54) is 16.7 Å². The normalized spacial score (nSPS) is 12.9. The molecule has 1 aromatic carbocycles. The summed E-state index contributed by atoms with van der Waals surface area (Å²) in [5, 5.41) is 0. The number of hydrogen-bond acceptors (Lipinski definition) is 3. The van der Waals surface area contributed by atoms with Crippen LogP contribution in [-0.4, -0.2) is 13.7 Å². The Kier molecular flexibility index (Phi) is 4.07. The van der Waals surface area contributed by atoms with E-state index in [4.69, 9.17) is 10.6 Å². The lowest BCUT2D eigenvalue weighted by Gasteiger charge is -2.16. The minimum Gasteiger partial charge on any atom is -0.383 e. The van der Waals surface area contributed by atoms with Gasteiger partial charge in [0.05, 0.1) is 12.6 Å². The second-order valence-electron chi connectivity index (χ2n) is 3.60. The highest BCUT2D eigenvalue weighted by atomic mass is 16.5. The van der Waals surface area contributed by atoms with Gasteiger partial charge in [0.15, 0.2) is 0 Å². The summed E-state index contributed by atoms with van der Waals surface area (Å²) in [7, 11) is 1.67. The van der Waals surface area contributed by atoms with E-state index >= 15 is 0 Å². The van der Waals surface area contributed by atoms with Crippen LogP contribution in [0.15, 0.2) is 18.2 Å². The van der Waals surface area contributed by atoms with E-state index in [1.54, 1.807) is 7.11 Å². The topological polar surface area (TPSA) is 47.3 Å². The molecule has 0 fully saturated rings. The van der Waals surface area contributed by atoms with Crippen molar-refractivity contribution < 1.29 is 4.74 Å². The molecule has 0 saturated heterocycles. The zero-order valence-electron chi connectivity index (χ0n) is 9.00. The zero-order valence-corrected chi connectivity index (χ0v) is 9.00. The molecule has 0 aromatic heterocycles. The summed E-state index contributed by atoms with van der Waals surface area (Å²) >= 11 is 0. The van der Waals surface area contributed by atoms with Crippen LogP contribution in [0.25, 0.3) is 0 Å². The molecule has 0 radical (unpaired) electrons. The minimum atomic E-state index is 0.0681. The van der Waals surface area contributed by atoms with Gasteiger partial charge in [0.2, 0.25) is 0 Å². The Hall–Kier alpha value is -0.900. The van der Waals surface area contributed by atoms with Crippen LogP contribution < -0.4 is 11.3 Å². The highest BCUT2D eigenvalue weighted by molar-refractivity contribution is 5.30. The smallest absolute Gasteiger partial charge is 0.0693 e. The SMILES string of the molecule is COCC(NN)c1cc(C)cc(C)c1. The third kappa shape index (κ3) is 2.80. The van der Waals surface area contributed by atoms with E-state index in [0.29, 0.717) is 6.61 Å². The lowest BCUT2D eigenvalue weighted by Crippen LogP contribution is -2.31. The number of ether oxygens (including phenoxy) is 1. The van der Waals surface area contributed by atoms with Crippen molar-refractivity contribution in [1.82, 2.24) is 5.43 Å². The molecule has 3 nitrogen and oxygen atoms in total. The van der Waals surface area contributed by atoms with Crippen molar-refractivity contribution in [3.05, 3.63) is 34.9 Å². The molecule has 1 aromatic rings. The van der Waals surface area contributed by atoms with E-state index in [1.807, 2.05) is 0 Å². The van der Waals surface area contributed by atoms with Gasteiger partial charge < -0.3 is 4.74 Å². The Bertz CT molecular complexity index is 279. The average molecular weight is 194 g/mol. The van der Waals surface area contributed by atoms with Crippen molar-refractivity contribution in [2.24, 2.45) is 5.84 Å². The minimum absolute atomic E-state index is 0.0681. The lowest BCUT2D eigenvalue weighted by molar-refractivity contribution is 0.167. The summed E-state index contributed by atoms with van der Waals surface area (Å²) in [6.45, 7) is 4.74. The van der Waals surface area contributed by atoms with Gasteiger partial charge in [0.1, 0.15) is 0 Å². The van der Waals surface area contributed by atoms with Gasteiger partial charge in [-0.2, -0.15) is 0 Å². The van der Waals surface area contributed by atoms with Crippen LogP contribution in [0.3, 0.4) is 0 Å². The number of methoxy groups -OCH3 is 1. The maximum Gasteiger partial charge on any atom is 0.0693 e. The van der Waals surface area contributed by atoms with E-state index in [0.717, 1.165) is 0 Å². The fraction of sp³-hybridized carbons (Fsp3) is 0.455. The third-order valence-electron chi connectivity index (χ3n) is 2.18. The maximum atomic E-state index is 5.46. The predicted molar refractivity (Wildman–Crippen MR) is 57.9 cm³/mol. The number of hydrogen-bond donors (Lipinski definition) is 2. The van der Waals surface area contributed by atoms with E-state index in [9.17, 15) is 0 Å². The summed E-state index contributed by atoms with van der Waals surface area (Å²) in [5.41, 5.74) is 6.41. The van der Waals surface area contributed by atoms with Crippen LogP contribution in [0.1, 0.15) is 22.7 Å². The molecule has 14 heavy (non-hydrogen) atoms. The average Bonchev–Trinajstić information content (AvgIpc) is 2.12. The van der Waals surface area contributed by atoms with Crippen LogP contribution in [-0.2, 0) is 4.74 Å². The fourth-order valence-electron chi connectivity index (χ4n) is 1.62. The van der Waals surface area contributed by atoms with Crippen molar-refractivity contribution in [2.45, 2.75) is 19.9 Å². The van der Waals surface area contributed by atoms with E-state index < -0.39 is 0 Å². The Morgan fingerprint density at radius 2 is 1.86 bits per heavy atom. The van der Waals surface area contributed by atoms with Gasteiger partial charge >= 0.3 is 0 Å². The second-order valence-corrected chi connectivity index (χ2v) is 3.60. The molecule has 0 aliphatic carbocycles. The summed E-state index contributed by atoms with van der Waals surface area (Å²) in [6, 6.07) is 6.45. The molecule has 0 amide bonds. The molecule has 0 bridgehead atoms. The van der Waals surface area contributed by atoms with Crippen LogP contribution in [0.4, 0.5) is 0 Å². The number of aryl methyl sites for hydroxylation is 2. The van der Waals surface area contributed by atoms with Crippen molar-refractivity contribution in [1.29, 1.82) is 0 Å². The summed E-state index contributed by atoms with van der Waals surface area (Å²) in [5.74, 6) is 5.46. The number of benzene rings is 1. The molecule has 0 aliphatic rings. The highest BCUT2D eigenvalue weighted by Crippen LogP contribution is 2.16. The van der Waals surface area contributed by atoms with Gasteiger partial charge in [0.25, 0.3) is 0 Å². The molecule has 0 aliphatic heterocycles. The molecular weight excluding hydrogens is 176 g/mol. The summed E-state index contributed by atoms with van der Waals surface area (Å²) in [4.78, 5) is 0. The Balaban J connectivity index is 2.91. The fourth-order valence-corrected chi connectivity index (χ4v) is 1.62. The van der Waals surface area contributed by atoms with E-state index in [-0.39, 0.29) is 6.04 Å². The highest BCUT2D eigenvalue weighted by Gasteiger charge is 2.09. The van der Waals surface area contributed by atoms with Crippen molar-refractivity contribution in [3.8, 4) is 0 Å². The predicted octanol–water partition coefficient (Wildman–Crippen LogP) is 1.45. The number of hydrazine groups is 1.